The minimum absolute atomic E-state index is 0.0688. The summed E-state index contributed by atoms with van der Waals surface area (Å²) in [5, 5.41) is 3.33. The number of carbonyl (C=O) groups is 1. The summed E-state index contributed by atoms with van der Waals surface area (Å²) in [6.45, 7) is 7.94. The fourth-order valence-electron chi connectivity index (χ4n) is 1.21. The number of ether oxygens (including phenoxy) is 1. The number of hydrogen-bond donors (Lipinski definition) is 1. The van der Waals surface area contributed by atoms with Crippen LogP contribution in [0.5, 0.6) is 5.75 Å². The Morgan fingerprint density at radius 2 is 2.06 bits per heavy atom. The van der Waals surface area contributed by atoms with Crippen molar-refractivity contribution in [1.29, 1.82) is 0 Å². The van der Waals surface area contributed by atoms with Gasteiger partial charge in [0, 0.05) is 5.41 Å². The van der Waals surface area contributed by atoms with Crippen LogP contribution in [-0.2, 0) is 4.79 Å². The fraction of sp³-hybridized carbons (Fsp3) is 0.462. The average Bonchev–Trinajstić information content (AvgIpc) is 2.21. The predicted octanol–water partition coefficient (Wildman–Crippen LogP) is 3.72. The molecule has 0 spiro atoms. The topological polar surface area (TPSA) is 38.3 Å². The van der Waals surface area contributed by atoms with Gasteiger partial charge in [0.15, 0.2) is 5.75 Å². The zero-order chi connectivity index (χ0) is 13.1. The van der Waals surface area contributed by atoms with Crippen LogP contribution < -0.4 is 10.1 Å². The van der Waals surface area contributed by atoms with Crippen LogP contribution in [0, 0.1) is 5.41 Å². The Morgan fingerprint density at radius 1 is 1.41 bits per heavy atom. The van der Waals surface area contributed by atoms with Gasteiger partial charge in [0.2, 0.25) is 5.91 Å². The van der Waals surface area contributed by atoms with Crippen LogP contribution in [0.4, 0.5) is 5.69 Å². The summed E-state index contributed by atoms with van der Waals surface area (Å²) in [7, 11) is 0. The smallest absolute Gasteiger partial charge is 0.229 e. The molecule has 0 unspecified atom stereocenters. The van der Waals surface area contributed by atoms with Crippen LogP contribution in [0.1, 0.15) is 27.7 Å². The second kappa shape index (κ2) is 5.41. The summed E-state index contributed by atoms with van der Waals surface area (Å²) in [5.74, 6) is 0.454. The van der Waals surface area contributed by atoms with Crippen molar-refractivity contribution in [3.63, 3.8) is 0 Å². The third-order valence-electron chi connectivity index (χ3n) is 2.19. The molecule has 0 radical (unpaired) electrons. The molecule has 1 amide bonds. The zero-order valence-electron chi connectivity index (χ0n) is 10.6. The monoisotopic (exact) mass is 255 g/mol. The molecule has 0 aromatic heterocycles. The quantitative estimate of drug-likeness (QED) is 0.894. The Morgan fingerprint density at radius 3 is 2.59 bits per heavy atom. The van der Waals surface area contributed by atoms with Gasteiger partial charge >= 0.3 is 0 Å². The molecule has 4 heteroatoms. The lowest BCUT2D eigenvalue weighted by Gasteiger charge is -2.19. The van der Waals surface area contributed by atoms with Crippen LogP contribution in [0.15, 0.2) is 18.2 Å². The van der Waals surface area contributed by atoms with Gasteiger partial charge in [0.05, 0.1) is 17.3 Å². The molecule has 0 aliphatic heterocycles. The van der Waals surface area contributed by atoms with E-state index in [2.05, 4.69) is 5.32 Å². The molecule has 3 nitrogen and oxygen atoms in total. The molecule has 0 saturated carbocycles. The largest absolute Gasteiger partial charge is 0.490 e. The van der Waals surface area contributed by atoms with Crippen molar-refractivity contribution in [3.8, 4) is 5.75 Å². The Bertz CT molecular complexity index is 410. The highest BCUT2D eigenvalue weighted by atomic mass is 35.5. The lowest BCUT2D eigenvalue weighted by molar-refractivity contribution is -0.123. The summed E-state index contributed by atoms with van der Waals surface area (Å²) in [4.78, 5) is 11.9. The summed E-state index contributed by atoms with van der Waals surface area (Å²) in [5.41, 5.74) is 0.158. The van der Waals surface area contributed by atoms with Gasteiger partial charge < -0.3 is 10.1 Å². The third-order valence-corrected chi connectivity index (χ3v) is 2.48. The van der Waals surface area contributed by atoms with E-state index in [0.717, 1.165) is 0 Å². The van der Waals surface area contributed by atoms with E-state index in [1.165, 1.54) is 0 Å². The molecule has 1 aromatic rings. The van der Waals surface area contributed by atoms with Gasteiger partial charge in [-0.3, -0.25) is 4.79 Å². The highest BCUT2D eigenvalue weighted by molar-refractivity contribution is 6.32. The number of carbonyl (C=O) groups excluding carboxylic acids is 1. The molecule has 1 N–H and O–H groups in total. The number of para-hydroxylation sites is 1. The van der Waals surface area contributed by atoms with Gasteiger partial charge in [-0.15, -0.1) is 0 Å². The first kappa shape index (κ1) is 13.8. The Balaban J connectivity index is 2.98. The van der Waals surface area contributed by atoms with Crippen LogP contribution in [0.3, 0.4) is 0 Å². The van der Waals surface area contributed by atoms with Gasteiger partial charge in [-0.1, -0.05) is 38.4 Å². The summed E-state index contributed by atoms with van der Waals surface area (Å²) in [6, 6.07) is 5.29. The third kappa shape index (κ3) is 3.63. The molecule has 0 aliphatic carbocycles. The Hall–Kier alpha value is -1.22. The normalized spacial score (nSPS) is 11.1. The number of halogens is 1. The maximum Gasteiger partial charge on any atom is 0.229 e. The molecule has 0 aliphatic rings. The van der Waals surface area contributed by atoms with Crippen molar-refractivity contribution in [2.24, 2.45) is 5.41 Å². The molecule has 0 bridgehead atoms. The van der Waals surface area contributed by atoms with Crippen LogP contribution >= 0.6 is 11.6 Å². The SMILES string of the molecule is CCOc1c(Cl)cccc1NC(=O)C(C)(C)C. The van der Waals surface area contributed by atoms with E-state index in [9.17, 15) is 4.79 Å². The highest BCUT2D eigenvalue weighted by Gasteiger charge is 2.22. The first-order chi connectivity index (χ1) is 7.86. The molecular formula is C13H18ClNO2. The predicted molar refractivity (Wildman–Crippen MR) is 70.7 cm³/mol. The van der Waals surface area contributed by atoms with Crippen LogP contribution in [-0.4, -0.2) is 12.5 Å². The number of rotatable bonds is 3. The molecule has 0 atom stereocenters. The zero-order valence-corrected chi connectivity index (χ0v) is 11.4. The molecule has 0 saturated heterocycles. The number of anilines is 1. The van der Waals surface area contributed by atoms with E-state index < -0.39 is 5.41 Å². The van der Waals surface area contributed by atoms with Gasteiger partial charge in [-0.25, -0.2) is 0 Å². The van der Waals surface area contributed by atoms with Gasteiger partial charge in [-0.2, -0.15) is 0 Å². The summed E-state index contributed by atoms with van der Waals surface area (Å²) < 4.78 is 5.43. The molecule has 17 heavy (non-hydrogen) atoms. The van der Waals surface area contributed by atoms with Crippen molar-refractivity contribution >= 4 is 23.2 Å². The second-order valence-electron chi connectivity index (χ2n) is 4.75. The van der Waals surface area contributed by atoms with Crippen molar-refractivity contribution in [2.75, 3.05) is 11.9 Å². The van der Waals surface area contributed by atoms with Gasteiger partial charge in [-0.05, 0) is 19.1 Å². The molecular weight excluding hydrogens is 238 g/mol. The highest BCUT2D eigenvalue weighted by Crippen LogP contribution is 2.33. The maximum atomic E-state index is 11.9. The lowest BCUT2D eigenvalue weighted by atomic mass is 9.95. The number of nitrogens with one attached hydrogen (secondary N) is 1. The van der Waals surface area contributed by atoms with E-state index in [-0.39, 0.29) is 5.91 Å². The molecule has 0 fully saturated rings. The van der Waals surface area contributed by atoms with E-state index in [0.29, 0.717) is 23.1 Å². The van der Waals surface area contributed by atoms with Crippen LogP contribution in [0.25, 0.3) is 0 Å². The maximum absolute atomic E-state index is 11.9. The molecule has 0 heterocycles. The van der Waals surface area contributed by atoms with Gasteiger partial charge in [0.25, 0.3) is 0 Å². The summed E-state index contributed by atoms with van der Waals surface area (Å²) in [6.07, 6.45) is 0. The molecule has 94 valence electrons. The van der Waals surface area contributed by atoms with Crippen LogP contribution in [0.2, 0.25) is 5.02 Å². The second-order valence-corrected chi connectivity index (χ2v) is 5.16. The van der Waals surface area contributed by atoms with Crippen molar-refractivity contribution in [3.05, 3.63) is 23.2 Å². The van der Waals surface area contributed by atoms with E-state index >= 15 is 0 Å². The Labute approximate surface area is 107 Å². The standard InChI is InChI=1S/C13H18ClNO2/c1-5-17-11-9(14)7-6-8-10(11)15-12(16)13(2,3)4/h6-8H,5H2,1-4H3,(H,15,16). The molecule has 1 aromatic carbocycles. The first-order valence-corrected chi connectivity index (χ1v) is 5.96. The first-order valence-electron chi connectivity index (χ1n) is 5.59. The van der Waals surface area contributed by atoms with Crippen molar-refractivity contribution in [1.82, 2.24) is 0 Å². The van der Waals surface area contributed by atoms with E-state index in [1.807, 2.05) is 27.7 Å². The number of amides is 1. The lowest BCUT2D eigenvalue weighted by Crippen LogP contribution is -2.27. The van der Waals surface area contributed by atoms with Crippen molar-refractivity contribution in [2.45, 2.75) is 27.7 Å². The van der Waals surface area contributed by atoms with E-state index in [1.54, 1.807) is 18.2 Å². The fourth-order valence-corrected chi connectivity index (χ4v) is 1.44. The van der Waals surface area contributed by atoms with Crippen molar-refractivity contribution < 1.29 is 9.53 Å². The minimum Gasteiger partial charge on any atom is -0.490 e. The number of hydrogen-bond acceptors (Lipinski definition) is 2. The Kier molecular flexibility index (Phi) is 4.40. The summed E-state index contributed by atoms with van der Waals surface area (Å²) >= 11 is 6.03. The number of benzene rings is 1. The minimum atomic E-state index is -0.453. The molecule has 1 rings (SSSR count). The van der Waals surface area contributed by atoms with Gasteiger partial charge in [0.1, 0.15) is 0 Å². The van der Waals surface area contributed by atoms with E-state index in [4.69, 9.17) is 16.3 Å². The average molecular weight is 256 g/mol.